The zero-order valence-electron chi connectivity index (χ0n) is 16.0. The minimum Gasteiger partial charge on any atom is -0.507 e. The van der Waals surface area contributed by atoms with Crippen LogP contribution < -0.4 is 16.1 Å². The molecule has 0 aliphatic heterocycles. The molecule has 0 aliphatic rings. The molecule has 0 unspecified atom stereocenters. The van der Waals surface area contributed by atoms with Gasteiger partial charge in [0, 0.05) is 16.3 Å². The molecule has 3 amide bonds. The largest absolute Gasteiger partial charge is 0.507 e. The fourth-order valence-electron chi connectivity index (χ4n) is 2.51. The lowest BCUT2D eigenvalue weighted by atomic mass is 10.1. The van der Waals surface area contributed by atoms with E-state index in [9.17, 15) is 19.5 Å². The molecule has 0 radical (unpaired) electrons. The third kappa shape index (κ3) is 5.91. The van der Waals surface area contributed by atoms with Crippen LogP contribution in [0, 0.1) is 0 Å². The van der Waals surface area contributed by atoms with Crippen molar-refractivity contribution in [3.05, 3.63) is 88.9 Å². The number of phenols is 1. The van der Waals surface area contributed by atoms with E-state index in [0.717, 1.165) is 0 Å². The highest BCUT2D eigenvalue weighted by molar-refractivity contribution is 6.40. The summed E-state index contributed by atoms with van der Waals surface area (Å²) in [6, 6.07) is 19.1. The van der Waals surface area contributed by atoms with Crippen LogP contribution in [0.1, 0.15) is 15.9 Å². The summed E-state index contributed by atoms with van der Waals surface area (Å²) in [5.74, 6) is -2.55. The number of rotatable bonds is 5. The van der Waals surface area contributed by atoms with Gasteiger partial charge in [-0.05, 0) is 48.5 Å². The van der Waals surface area contributed by atoms with E-state index in [1.807, 2.05) is 0 Å². The summed E-state index contributed by atoms with van der Waals surface area (Å²) in [5, 5.41) is 18.9. The number of hydrazone groups is 1. The van der Waals surface area contributed by atoms with Crippen molar-refractivity contribution >= 4 is 46.9 Å². The van der Waals surface area contributed by atoms with E-state index in [4.69, 9.17) is 11.6 Å². The number of carbonyl (C=O) groups excluding carboxylic acids is 3. The Bertz CT molecular complexity index is 1150. The van der Waals surface area contributed by atoms with Crippen LogP contribution in [0.5, 0.6) is 5.75 Å². The normalized spacial score (nSPS) is 10.5. The van der Waals surface area contributed by atoms with E-state index in [-0.39, 0.29) is 17.0 Å². The summed E-state index contributed by atoms with van der Waals surface area (Å²) >= 11 is 5.84. The topological polar surface area (TPSA) is 120 Å². The number of nitrogens with one attached hydrogen (secondary N) is 3. The summed E-state index contributed by atoms with van der Waals surface area (Å²) in [7, 11) is 0. The number of phenolic OH excluding ortho intramolecular Hbond substituents is 1. The maximum Gasteiger partial charge on any atom is 0.329 e. The van der Waals surface area contributed by atoms with Crippen molar-refractivity contribution in [3.8, 4) is 5.75 Å². The average Bonchev–Trinajstić information content (AvgIpc) is 2.77. The van der Waals surface area contributed by atoms with E-state index in [1.165, 1.54) is 24.4 Å². The summed E-state index contributed by atoms with van der Waals surface area (Å²) in [4.78, 5) is 36.8. The lowest BCUT2D eigenvalue weighted by Gasteiger charge is -2.11. The monoisotopic (exact) mass is 436 g/mol. The third-order valence-electron chi connectivity index (χ3n) is 4.03. The van der Waals surface area contributed by atoms with Gasteiger partial charge in [-0.2, -0.15) is 5.10 Å². The van der Waals surface area contributed by atoms with Crippen LogP contribution in [-0.4, -0.2) is 29.0 Å². The molecule has 0 spiro atoms. The number of hydrogen-bond acceptors (Lipinski definition) is 5. The van der Waals surface area contributed by atoms with Gasteiger partial charge in [-0.1, -0.05) is 35.9 Å². The van der Waals surface area contributed by atoms with Crippen LogP contribution in [0.25, 0.3) is 0 Å². The molecular weight excluding hydrogens is 420 g/mol. The first-order valence-electron chi connectivity index (χ1n) is 9.02. The van der Waals surface area contributed by atoms with Crippen LogP contribution in [0.3, 0.4) is 0 Å². The third-order valence-corrected chi connectivity index (χ3v) is 4.29. The first kappa shape index (κ1) is 21.5. The minimum atomic E-state index is -1.04. The molecule has 3 aromatic rings. The molecule has 0 saturated carbocycles. The van der Waals surface area contributed by atoms with E-state index in [0.29, 0.717) is 16.3 Å². The van der Waals surface area contributed by atoms with Crippen molar-refractivity contribution < 1.29 is 19.5 Å². The molecule has 8 nitrogen and oxygen atoms in total. The van der Waals surface area contributed by atoms with Crippen LogP contribution in [0.4, 0.5) is 11.4 Å². The summed E-state index contributed by atoms with van der Waals surface area (Å²) < 4.78 is 0. The first-order valence-corrected chi connectivity index (χ1v) is 9.40. The molecule has 9 heteroatoms. The lowest BCUT2D eigenvalue weighted by Crippen LogP contribution is -2.33. The Kier molecular flexibility index (Phi) is 6.97. The number of carbonyl (C=O) groups is 3. The average molecular weight is 437 g/mol. The van der Waals surface area contributed by atoms with Gasteiger partial charge in [0.25, 0.3) is 5.91 Å². The van der Waals surface area contributed by atoms with Crippen LogP contribution in [0.2, 0.25) is 5.02 Å². The van der Waals surface area contributed by atoms with Gasteiger partial charge in [-0.3, -0.25) is 14.4 Å². The zero-order chi connectivity index (χ0) is 22.2. The molecule has 0 saturated heterocycles. The summed E-state index contributed by atoms with van der Waals surface area (Å²) in [6.45, 7) is 0. The van der Waals surface area contributed by atoms with Crippen molar-refractivity contribution in [1.29, 1.82) is 0 Å². The molecule has 0 fully saturated rings. The van der Waals surface area contributed by atoms with Gasteiger partial charge in [0.15, 0.2) is 0 Å². The Morgan fingerprint density at radius 1 is 0.839 bits per heavy atom. The number of aromatic hydroxyl groups is 1. The number of benzene rings is 3. The van der Waals surface area contributed by atoms with Crippen LogP contribution in [0.15, 0.2) is 77.9 Å². The van der Waals surface area contributed by atoms with Crippen LogP contribution in [-0.2, 0) is 9.59 Å². The van der Waals surface area contributed by atoms with Gasteiger partial charge in [0.2, 0.25) is 0 Å². The minimum absolute atomic E-state index is 0.0226. The summed E-state index contributed by atoms with van der Waals surface area (Å²) in [5.41, 5.74) is 3.27. The Labute approximate surface area is 182 Å². The van der Waals surface area contributed by atoms with Crippen molar-refractivity contribution in [3.63, 3.8) is 0 Å². The number of amides is 3. The number of anilines is 2. The first-order chi connectivity index (χ1) is 14.9. The van der Waals surface area contributed by atoms with Crippen molar-refractivity contribution in [1.82, 2.24) is 5.43 Å². The lowest BCUT2D eigenvalue weighted by molar-refractivity contribution is -0.136. The SMILES string of the molecule is O=C(N/N=C/c1ccccc1O)C(=O)Nc1ccccc1C(=O)Nc1ccc(Cl)cc1. The molecular formula is C22H17ClN4O4. The molecule has 0 aromatic heterocycles. The molecule has 4 N–H and O–H groups in total. The molecule has 3 rings (SSSR count). The quantitative estimate of drug-likeness (QED) is 0.278. The molecule has 0 atom stereocenters. The van der Waals surface area contributed by atoms with E-state index < -0.39 is 17.7 Å². The molecule has 0 aliphatic carbocycles. The number of nitrogens with zero attached hydrogens (tertiary/aromatic N) is 1. The van der Waals surface area contributed by atoms with Gasteiger partial charge >= 0.3 is 11.8 Å². The highest BCUT2D eigenvalue weighted by Gasteiger charge is 2.17. The van der Waals surface area contributed by atoms with Crippen LogP contribution >= 0.6 is 11.6 Å². The molecule has 0 heterocycles. The Morgan fingerprint density at radius 3 is 2.26 bits per heavy atom. The highest BCUT2D eigenvalue weighted by atomic mass is 35.5. The Hall–Kier alpha value is -4.17. The number of hydrogen-bond donors (Lipinski definition) is 4. The smallest absolute Gasteiger partial charge is 0.329 e. The second kappa shape index (κ2) is 10.0. The molecule has 0 bridgehead atoms. The maximum atomic E-state index is 12.6. The fraction of sp³-hybridized carbons (Fsp3) is 0. The predicted molar refractivity (Wildman–Crippen MR) is 118 cm³/mol. The van der Waals surface area contributed by atoms with Crippen molar-refractivity contribution in [2.45, 2.75) is 0 Å². The van der Waals surface area contributed by atoms with Gasteiger partial charge in [-0.15, -0.1) is 0 Å². The Balaban J connectivity index is 1.64. The number of halogens is 1. The molecule has 31 heavy (non-hydrogen) atoms. The van der Waals surface area contributed by atoms with Gasteiger partial charge < -0.3 is 15.7 Å². The predicted octanol–water partition coefficient (Wildman–Crippen LogP) is 3.39. The second-order valence-corrected chi connectivity index (χ2v) is 6.66. The van der Waals surface area contributed by atoms with Gasteiger partial charge in [-0.25, -0.2) is 5.43 Å². The van der Waals surface area contributed by atoms with Gasteiger partial charge in [0.1, 0.15) is 5.75 Å². The zero-order valence-corrected chi connectivity index (χ0v) is 16.8. The van der Waals surface area contributed by atoms with Crippen molar-refractivity contribution in [2.75, 3.05) is 10.6 Å². The van der Waals surface area contributed by atoms with E-state index >= 15 is 0 Å². The molecule has 3 aromatic carbocycles. The highest BCUT2D eigenvalue weighted by Crippen LogP contribution is 2.19. The maximum absolute atomic E-state index is 12.6. The number of para-hydroxylation sites is 2. The Morgan fingerprint density at radius 2 is 1.52 bits per heavy atom. The molecule has 156 valence electrons. The summed E-state index contributed by atoms with van der Waals surface area (Å²) in [6.07, 6.45) is 1.20. The van der Waals surface area contributed by atoms with Crippen molar-refractivity contribution in [2.24, 2.45) is 5.10 Å². The van der Waals surface area contributed by atoms with Gasteiger partial charge in [0.05, 0.1) is 17.5 Å². The van der Waals surface area contributed by atoms with E-state index in [2.05, 4.69) is 21.2 Å². The fourth-order valence-corrected chi connectivity index (χ4v) is 2.63. The van der Waals surface area contributed by atoms with E-state index in [1.54, 1.807) is 54.6 Å². The second-order valence-electron chi connectivity index (χ2n) is 6.22. The standard InChI is InChI=1S/C22H17ClN4O4/c23-15-9-11-16(12-10-15)25-20(29)17-6-2-3-7-18(17)26-21(30)22(31)27-24-13-14-5-1-4-8-19(14)28/h1-13,28H,(H,25,29)(H,26,30)(H,27,31)/b24-13+.